The van der Waals surface area contributed by atoms with Crippen LogP contribution in [0.2, 0.25) is 0 Å². The summed E-state index contributed by atoms with van der Waals surface area (Å²) in [5.74, 6) is 1.61. The van der Waals surface area contributed by atoms with Crippen molar-refractivity contribution in [3.8, 4) is 0 Å². The van der Waals surface area contributed by atoms with Gasteiger partial charge in [-0.25, -0.2) is 14.8 Å². The van der Waals surface area contributed by atoms with Crippen LogP contribution in [-0.4, -0.2) is 56.4 Å². The van der Waals surface area contributed by atoms with Gasteiger partial charge in [-0.2, -0.15) is 0 Å². The number of amides is 2. The van der Waals surface area contributed by atoms with Crippen LogP contribution in [0.25, 0.3) is 5.52 Å². The molecule has 0 radical (unpaired) electrons. The SMILES string of the molecule is CN1CC[C@@H]2CC[C@H](c3nc(Br)c4c(N)nccn34)CN2C1=O. The van der Waals surface area contributed by atoms with Crippen LogP contribution in [-0.2, 0) is 0 Å². The van der Waals surface area contributed by atoms with Crippen molar-refractivity contribution >= 4 is 33.3 Å². The van der Waals surface area contributed by atoms with E-state index in [1.165, 1.54) is 0 Å². The van der Waals surface area contributed by atoms with Crippen molar-refractivity contribution < 1.29 is 4.79 Å². The van der Waals surface area contributed by atoms with E-state index < -0.39 is 0 Å². The number of halogens is 1. The predicted molar refractivity (Wildman–Crippen MR) is 90.2 cm³/mol. The zero-order chi connectivity index (χ0) is 16.1. The zero-order valence-corrected chi connectivity index (χ0v) is 14.5. The first-order valence-electron chi connectivity index (χ1n) is 7.86. The molecule has 4 rings (SSSR count). The number of piperidine rings is 1. The smallest absolute Gasteiger partial charge is 0.320 e. The van der Waals surface area contributed by atoms with Crippen LogP contribution in [0.5, 0.6) is 0 Å². The maximum Gasteiger partial charge on any atom is 0.320 e. The molecule has 2 N–H and O–H groups in total. The van der Waals surface area contributed by atoms with E-state index in [2.05, 4.69) is 25.9 Å². The molecule has 0 aliphatic carbocycles. The van der Waals surface area contributed by atoms with Gasteiger partial charge >= 0.3 is 6.03 Å². The van der Waals surface area contributed by atoms with Gasteiger partial charge in [0.15, 0.2) is 5.82 Å². The van der Waals surface area contributed by atoms with Crippen LogP contribution in [0.1, 0.15) is 31.0 Å². The molecule has 0 aromatic carbocycles. The van der Waals surface area contributed by atoms with Crippen molar-refractivity contribution in [1.82, 2.24) is 24.2 Å². The van der Waals surface area contributed by atoms with E-state index in [1.807, 2.05) is 22.5 Å². The second-order valence-corrected chi connectivity index (χ2v) is 7.12. The number of aromatic nitrogens is 3. The first kappa shape index (κ1) is 14.7. The number of urea groups is 1. The maximum atomic E-state index is 12.4. The monoisotopic (exact) mass is 378 g/mol. The molecule has 2 aliphatic rings. The number of nitrogen functional groups attached to an aromatic ring is 1. The molecule has 0 bridgehead atoms. The third kappa shape index (κ3) is 2.27. The molecule has 2 aromatic rings. The summed E-state index contributed by atoms with van der Waals surface area (Å²) in [5, 5.41) is 0. The molecule has 4 heterocycles. The Hall–Kier alpha value is -1.83. The van der Waals surface area contributed by atoms with E-state index in [0.717, 1.165) is 37.1 Å². The number of carbonyl (C=O) groups excluding carboxylic acids is 1. The van der Waals surface area contributed by atoms with E-state index in [-0.39, 0.29) is 11.9 Å². The number of nitrogens with two attached hydrogens (primary N) is 1. The molecule has 2 fully saturated rings. The number of hydrogen-bond acceptors (Lipinski definition) is 4. The van der Waals surface area contributed by atoms with Crippen molar-refractivity contribution in [2.75, 3.05) is 25.9 Å². The van der Waals surface area contributed by atoms with Crippen LogP contribution >= 0.6 is 15.9 Å². The molecule has 2 aromatic heterocycles. The summed E-state index contributed by atoms with van der Waals surface area (Å²) in [6.07, 6.45) is 6.68. The molecule has 7 nitrogen and oxygen atoms in total. The number of imidazole rings is 1. The van der Waals surface area contributed by atoms with E-state index in [1.54, 1.807) is 11.1 Å². The number of anilines is 1. The Balaban J connectivity index is 1.69. The number of carbonyl (C=O) groups is 1. The standard InChI is InChI=1S/C15H19BrN6O/c1-20-6-4-10-3-2-9(8-22(10)15(20)23)14-19-12(16)11-13(17)18-5-7-21(11)14/h5,7,9-10H,2-4,6,8H2,1H3,(H2,17,18)/t9-,10-/m0/s1. The van der Waals surface area contributed by atoms with Gasteiger partial charge in [-0.3, -0.25) is 4.40 Å². The Kier molecular flexibility index (Phi) is 3.44. The summed E-state index contributed by atoms with van der Waals surface area (Å²) >= 11 is 3.48. The van der Waals surface area contributed by atoms with Gasteiger partial charge in [0, 0.05) is 44.5 Å². The highest BCUT2D eigenvalue weighted by molar-refractivity contribution is 9.10. The summed E-state index contributed by atoms with van der Waals surface area (Å²) in [7, 11) is 1.87. The lowest BCUT2D eigenvalue weighted by molar-refractivity contribution is 0.0805. The fourth-order valence-electron chi connectivity index (χ4n) is 3.76. The molecule has 2 atom stereocenters. The van der Waals surface area contributed by atoms with Crippen molar-refractivity contribution in [3.63, 3.8) is 0 Å². The van der Waals surface area contributed by atoms with Gasteiger partial charge in [0.25, 0.3) is 0 Å². The highest BCUT2D eigenvalue weighted by Crippen LogP contribution is 2.35. The van der Waals surface area contributed by atoms with Crippen molar-refractivity contribution in [3.05, 3.63) is 22.8 Å². The molecular formula is C15H19BrN6O. The van der Waals surface area contributed by atoms with Gasteiger partial charge in [-0.15, -0.1) is 0 Å². The molecular weight excluding hydrogens is 360 g/mol. The van der Waals surface area contributed by atoms with E-state index in [0.29, 0.717) is 23.0 Å². The van der Waals surface area contributed by atoms with Crippen molar-refractivity contribution in [2.45, 2.75) is 31.2 Å². The molecule has 8 heteroatoms. The van der Waals surface area contributed by atoms with Crippen molar-refractivity contribution in [1.29, 1.82) is 0 Å². The van der Waals surface area contributed by atoms with Crippen LogP contribution in [0.4, 0.5) is 10.6 Å². The summed E-state index contributed by atoms with van der Waals surface area (Å²) in [6.45, 7) is 1.56. The minimum absolute atomic E-state index is 0.132. The highest BCUT2D eigenvalue weighted by atomic mass is 79.9. The number of nitrogens with zero attached hydrogens (tertiary/aromatic N) is 5. The summed E-state index contributed by atoms with van der Waals surface area (Å²) in [6, 6.07) is 0.503. The first-order valence-corrected chi connectivity index (χ1v) is 8.65. The minimum atomic E-state index is 0.132. The Bertz CT molecular complexity index is 775. The topological polar surface area (TPSA) is 79.8 Å². The molecule has 0 saturated carbocycles. The van der Waals surface area contributed by atoms with Gasteiger partial charge in [-0.05, 0) is 35.2 Å². The average Bonchev–Trinajstić information content (AvgIpc) is 2.89. The lowest BCUT2D eigenvalue weighted by atomic mass is 9.89. The number of hydrogen-bond donors (Lipinski definition) is 1. The molecule has 122 valence electrons. The van der Waals surface area contributed by atoms with Crippen LogP contribution in [0.15, 0.2) is 17.0 Å². The zero-order valence-electron chi connectivity index (χ0n) is 12.9. The highest BCUT2D eigenvalue weighted by Gasteiger charge is 2.38. The van der Waals surface area contributed by atoms with Gasteiger partial charge in [0.2, 0.25) is 0 Å². The van der Waals surface area contributed by atoms with Gasteiger partial charge in [0.05, 0.1) is 0 Å². The van der Waals surface area contributed by atoms with Gasteiger partial charge < -0.3 is 15.5 Å². The Labute approximate surface area is 142 Å². The lowest BCUT2D eigenvalue weighted by Crippen LogP contribution is -2.56. The van der Waals surface area contributed by atoms with E-state index >= 15 is 0 Å². The summed E-state index contributed by atoms with van der Waals surface area (Å²) in [4.78, 5) is 25.1. The quantitative estimate of drug-likeness (QED) is 0.823. The second kappa shape index (κ2) is 5.36. The number of fused-ring (bicyclic) bond motifs is 2. The minimum Gasteiger partial charge on any atom is -0.382 e. The van der Waals surface area contributed by atoms with Crippen molar-refractivity contribution in [2.24, 2.45) is 0 Å². The maximum absolute atomic E-state index is 12.4. The predicted octanol–water partition coefficient (Wildman–Crippen LogP) is 2.08. The molecule has 2 saturated heterocycles. The Morgan fingerprint density at radius 3 is 3.00 bits per heavy atom. The molecule has 0 spiro atoms. The first-order chi connectivity index (χ1) is 11.1. The fraction of sp³-hybridized carbons (Fsp3) is 0.533. The number of rotatable bonds is 1. The van der Waals surface area contributed by atoms with Crippen LogP contribution < -0.4 is 5.73 Å². The normalized spacial score (nSPS) is 25.0. The largest absolute Gasteiger partial charge is 0.382 e. The molecule has 2 aliphatic heterocycles. The average molecular weight is 379 g/mol. The van der Waals surface area contributed by atoms with E-state index in [4.69, 9.17) is 5.73 Å². The molecule has 2 amide bonds. The van der Waals surface area contributed by atoms with Crippen LogP contribution in [0.3, 0.4) is 0 Å². The summed E-state index contributed by atoms with van der Waals surface area (Å²) in [5.41, 5.74) is 6.77. The summed E-state index contributed by atoms with van der Waals surface area (Å²) < 4.78 is 2.71. The second-order valence-electron chi connectivity index (χ2n) is 6.37. The van der Waals surface area contributed by atoms with Gasteiger partial charge in [-0.1, -0.05) is 0 Å². The van der Waals surface area contributed by atoms with Crippen LogP contribution in [0, 0.1) is 0 Å². The third-order valence-electron chi connectivity index (χ3n) is 5.01. The molecule has 0 unspecified atom stereocenters. The lowest BCUT2D eigenvalue weighted by Gasteiger charge is -2.45. The Morgan fingerprint density at radius 2 is 2.17 bits per heavy atom. The fourth-order valence-corrected chi connectivity index (χ4v) is 4.34. The van der Waals surface area contributed by atoms with E-state index in [9.17, 15) is 4.79 Å². The Morgan fingerprint density at radius 1 is 1.35 bits per heavy atom. The molecule has 23 heavy (non-hydrogen) atoms. The third-order valence-corrected chi connectivity index (χ3v) is 5.56. The van der Waals surface area contributed by atoms with Gasteiger partial charge in [0.1, 0.15) is 15.9 Å².